The molecule has 2 heterocycles. The second-order valence-corrected chi connectivity index (χ2v) is 8.67. The van der Waals surface area contributed by atoms with Gasteiger partial charge in [-0.25, -0.2) is 4.79 Å². The molecule has 32 heavy (non-hydrogen) atoms. The van der Waals surface area contributed by atoms with Crippen LogP contribution in [0.2, 0.25) is 0 Å². The lowest BCUT2D eigenvalue weighted by Gasteiger charge is -2.26. The van der Waals surface area contributed by atoms with Gasteiger partial charge < -0.3 is 10.2 Å². The molecule has 2 amide bonds. The van der Waals surface area contributed by atoms with Crippen LogP contribution in [0.5, 0.6) is 0 Å². The first-order chi connectivity index (χ1) is 15.2. The molecule has 1 saturated heterocycles. The minimum Gasteiger partial charge on any atom is -0.354 e. The average molecular weight is 449 g/mol. The van der Waals surface area contributed by atoms with Crippen molar-refractivity contribution in [3.8, 4) is 0 Å². The Morgan fingerprint density at radius 3 is 2.31 bits per heavy atom. The van der Waals surface area contributed by atoms with Crippen molar-refractivity contribution in [3.63, 3.8) is 0 Å². The van der Waals surface area contributed by atoms with Crippen LogP contribution in [0, 0.1) is 11.8 Å². The first-order valence-corrected chi connectivity index (χ1v) is 10.6. The van der Waals surface area contributed by atoms with Gasteiger partial charge in [-0.1, -0.05) is 12.1 Å². The summed E-state index contributed by atoms with van der Waals surface area (Å²) >= 11 is 0. The fourth-order valence-corrected chi connectivity index (χ4v) is 4.82. The number of nitrogens with zero attached hydrogens (tertiary/aromatic N) is 4. The van der Waals surface area contributed by atoms with Crippen molar-refractivity contribution in [3.05, 3.63) is 53.3 Å². The van der Waals surface area contributed by atoms with E-state index in [0.29, 0.717) is 37.5 Å². The predicted molar refractivity (Wildman–Crippen MR) is 111 cm³/mol. The second kappa shape index (κ2) is 8.57. The summed E-state index contributed by atoms with van der Waals surface area (Å²) in [5, 5.41) is 6.55. The summed E-state index contributed by atoms with van der Waals surface area (Å²) in [7, 11) is 3.51. The second-order valence-electron chi connectivity index (χ2n) is 8.67. The van der Waals surface area contributed by atoms with E-state index in [1.54, 1.807) is 4.90 Å². The van der Waals surface area contributed by atoms with E-state index >= 15 is 0 Å². The molecule has 2 fully saturated rings. The number of hydrogen-bond donors (Lipinski definition) is 1. The number of hydrogen-bond acceptors (Lipinski definition) is 4. The first kappa shape index (κ1) is 22.3. The summed E-state index contributed by atoms with van der Waals surface area (Å²) in [4.78, 5) is 28.4. The molecule has 0 unspecified atom stereocenters. The standard InChI is InChI=1S/C22H26F3N5O2/c1-26-20(31)19-7-8-30(27-19)21(32)29-12-15-9-18(10-16(15)13-29)28(2)11-14-3-5-17(6-4-14)22(23,24)25/h3-8,15-16,18H,9-13H2,1-2H3,(H,26,31)/t15-,16+,18-. The normalized spacial score (nSPS) is 22.9. The lowest BCUT2D eigenvalue weighted by atomic mass is 10.0. The summed E-state index contributed by atoms with van der Waals surface area (Å²) in [6.07, 6.45) is -0.944. The van der Waals surface area contributed by atoms with Crippen LogP contribution >= 0.6 is 0 Å². The van der Waals surface area contributed by atoms with Crippen LogP contribution < -0.4 is 5.32 Å². The zero-order chi connectivity index (χ0) is 23.0. The number of halogens is 3. The van der Waals surface area contributed by atoms with Crippen molar-refractivity contribution < 1.29 is 22.8 Å². The summed E-state index contributed by atoms with van der Waals surface area (Å²) in [6.45, 7) is 1.87. The number of likely N-dealkylation sites (tertiary alicyclic amines) is 1. The minimum atomic E-state index is -4.32. The van der Waals surface area contributed by atoms with Crippen LogP contribution in [-0.2, 0) is 12.7 Å². The molecular weight excluding hydrogens is 423 g/mol. The quantitative estimate of drug-likeness (QED) is 0.779. The van der Waals surface area contributed by atoms with E-state index in [-0.39, 0.29) is 17.6 Å². The van der Waals surface area contributed by atoms with Crippen LogP contribution in [0.3, 0.4) is 0 Å². The Balaban J connectivity index is 1.31. The van der Waals surface area contributed by atoms with E-state index in [4.69, 9.17) is 0 Å². The molecule has 1 aromatic carbocycles. The summed E-state index contributed by atoms with van der Waals surface area (Å²) < 4.78 is 39.5. The maximum absolute atomic E-state index is 12.8. The smallest absolute Gasteiger partial charge is 0.354 e. The molecule has 10 heteroatoms. The number of amides is 2. The lowest BCUT2D eigenvalue weighted by molar-refractivity contribution is -0.137. The Labute approximate surface area is 184 Å². The molecule has 1 N–H and O–H groups in total. The average Bonchev–Trinajstić information content (AvgIpc) is 3.47. The van der Waals surface area contributed by atoms with Crippen molar-refractivity contribution in [1.82, 2.24) is 24.9 Å². The van der Waals surface area contributed by atoms with Gasteiger partial charge in [-0.3, -0.25) is 9.69 Å². The van der Waals surface area contributed by atoms with E-state index in [1.807, 2.05) is 7.05 Å². The Bertz CT molecular complexity index is 974. The van der Waals surface area contributed by atoms with Crippen molar-refractivity contribution in [2.45, 2.75) is 31.6 Å². The molecule has 7 nitrogen and oxygen atoms in total. The molecule has 1 aliphatic heterocycles. The molecule has 0 bridgehead atoms. The van der Waals surface area contributed by atoms with Crippen molar-refractivity contribution >= 4 is 11.9 Å². The number of nitrogens with one attached hydrogen (secondary N) is 1. The van der Waals surface area contributed by atoms with Gasteiger partial charge in [0.15, 0.2) is 5.69 Å². The van der Waals surface area contributed by atoms with Gasteiger partial charge in [-0.05, 0) is 55.5 Å². The summed E-state index contributed by atoms with van der Waals surface area (Å²) in [6, 6.07) is 6.93. The van der Waals surface area contributed by atoms with E-state index in [1.165, 1.54) is 36.1 Å². The third-order valence-electron chi connectivity index (χ3n) is 6.58. The predicted octanol–water partition coefficient (Wildman–Crippen LogP) is 3.07. The molecule has 3 atom stereocenters. The highest BCUT2D eigenvalue weighted by Crippen LogP contribution is 2.40. The third kappa shape index (κ3) is 4.50. The fourth-order valence-electron chi connectivity index (χ4n) is 4.82. The number of carbonyl (C=O) groups excluding carboxylic acids is 2. The van der Waals surface area contributed by atoms with Gasteiger partial charge in [-0.2, -0.15) is 23.0 Å². The van der Waals surface area contributed by atoms with Crippen LogP contribution in [-0.4, -0.2) is 64.7 Å². The third-order valence-corrected chi connectivity index (χ3v) is 6.58. The lowest BCUT2D eigenvalue weighted by Crippen LogP contribution is -2.36. The van der Waals surface area contributed by atoms with Gasteiger partial charge in [0.2, 0.25) is 0 Å². The topological polar surface area (TPSA) is 70.5 Å². The van der Waals surface area contributed by atoms with Crippen LogP contribution in [0.25, 0.3) is 0 Å². The molecular formula is C22H26F3N5O2. The Morgan fingerprint density at radius 1 is 1.12 bits per heavy atom. The fraction of sp³-hybridized carbons (Fsp3) is 0.500. The Hall–Kier alpha value is -2.88. The molecule has 1 saturated carbocycles. The van der Waals surface area contributed by atoms with Gasteiger partial charge in [0.25, 0.3) is 5.91 Å². The zero-order valence-electron chi connectivity index (χ0n) is 18.0. The minimum absolute atomic E-state index is 0.199. The van der Waals surface area contributed by atoms with Gasteiger partial charge >= 0.3 is 12.2 Å². The highest BCUT2D eigenvalue weighted by atomic mass is 19.4. The molecule has 4 rings (SSSR count). The largest absolute Gasteiger partial charge is 0.416 e. The number of alkyl halides is 3. The number of fused-ring (bicyclic) bond motifs is 1. The summed E-state index contributed by atoms with van der Waals surface area (Å²) in [5.74, 6) is 0.426. The molecule has 2 aromatic rings. The highest BCUT2D eigenvalue weighted by Gasteiger charge is 2.43. The van der Waals surface area contributed by atoms with Gasteiger partial charge in [-0.15, -0.1) is 0 Å². The van der Waals surface area contributed by atoms with Gasteiger partial charge in [0.1, 0.15) is 0 Å². The Morgan fingerprint density at radius 2 is 1.75 bits per heavy atom. The molecule has 172 valence electrons. The highest BCUT2D eigenvalue weighted by molar-refractivity contribution is 5.92. The van der Waals surface area contributed by atoms with Crippen LogP contribution in [0.1, 0.15) is 34.5 Å². The van der Waals surface area contributed by atoms with Gasteiger partial charge in [0.05, 0.1) is 5.56 Å². The maximum Gasteiger partial charge on any atom is 0.416 e. The van der Waals surface area contributed by atoms with E-state index < -0.39 is 11.7 Å². The molecule has 0 radical (unpaired) electrons. The van der Waals surface area contributed by atoms with Crippen LogP contribution in [0.4, 0.5) is 18.0 Å². The molecule has 2 aliphatic rings. The Kier molecular flexibility index (Phi) is 5.98. The maximum atomic E-state index is 12.8. The number of aromatic nitrogens is 2. The van der Waals surface area contributed by atoms with Crippen molar-refractivity contribution in [1.29, 1.82) is 0 Å². The van der Waals surface area contributed by atoms with Crippen LogP contribution in [0.15, 0.2) is 36.5 Å². The monoisotopic (exact) mass is 449 g/mol. The van der Waals surface area contributed by atoms with E-state index in [9.17, 15) is 22.8 Å². The molecule has 1 aromatic heterocycles. The number of benzene rings is 1. The van der Waals surface area contributed by atoms with E-state index in [2.05, 4.69) is 15.3 Å². The zero-order valence-corrected chi connectivity index (χ0v) is 18.0. The number of carbonyl (C=O) groups is 2. The number of rotatable bonds is 4. The van der Waals surface area contributed by atoms with E-state index in [0.717, 1.165) is 30.5 Å². The molecule has 1 aliphatic carbocycles. The molecule has 0 spiro atoms. The van der Waals surface area contributed by atoms with Crippen molar-refractivity contribution in [2.75, 3.05) is 27.2 Å². The van der Waals surface area contributed by atoms with Gasteiger partial charge in [0, 0.05) is 38.9 Å². The van der Waals surface area contributed by atoms with Crippen molar-refractivity contribution in [2.24, 2.45) is 11.8 Å². The first-order valence-electron chi connectivity index (χ1n) is 10.6. The summed E-state index contributed by atoms with van der Waals surface area (Å²) in [5.41, 5.74) is 0.411. The SMILES string of the molecule is CNC(=O)c1ccn(C(=O)N2C[C@H]3C[C@@H](N(C)Cc4ccc(C(F)(F)F)cc4)C[C@H]3C2)n1.